The maximum atomic E-state index is 11.9. The molecule has 0 saturated carbocycles. The quantitative estimate of drug-likeness (QED) is 0.873. The number of methoxy groups -OCH3 is 1. The topological polar surface area (TPSA) is 49.8 Å². The molecule has 98 valence electrons. The molecule has 0 aromatic heterocycles. The first-order chi connectivity index (χ1) is 8.69. The molecule has 1 saturated heterocycles. The Morgan fingerprint density at radius 1 is 1.56 bits per heavy atom. The van der Waals surface area contributed by atoms with Crippen LogP contribution < -0.4 is 4.74 Å². The molecule has 4 heteroatoms. The normalized spacial score (nSPS) is 19.0. The van der Waals surface area contributed by atoms with Crippen LogP contribution in [-0.2, 0) is 11.2 Å². The molecule has 0 radical (unpaired) electrons. The third kappa shape index (κ3) is 3.23. The van der Waals surface area contributed by atoms with E-state index in [1.165, 1.54) is 0 Å². The second kappa shape index (κ2) is 5.87. The second-order valence-electron chi connectivity index (χ2n) is 4.63. The van der Waals surface area contributed by atoms with E-state index in [1.54, 1.807) is 12.0 Å². The van der Waals surface area contributed by atoms with Crippen LogP contribution in [0, 0.1) is 0 Å². The maximum absolute atomic E-state index is 11.9. The molecule has 1 aromatic carbocycles. The van der Waals surface area contributed by atoms with E-state index in [9.17, 15) is 9.90 Å². The Bertz CT molecular complexity index is 419. The van der Waals surface area contributed by atoms with Crippen LogP contribution in [0.2, 0.25) is 0 Å². The van der Waals surface area contributed by atoms with E-state index in [4.69, 9.17) is 4.74 Å². The van der Waals surface area contributed by atoms with Gasteiger partial charge >= 0.3 is 0 Å². The van der Waals surface area contributed by atoms with E-state index in [0.717, 1.165) is 11.3 Å². The number of aryl methyl sites for hydroxylation is 1. The van der Waals surface area contributed by atoms with Crippen LogP contribution in [0.25, 0.3) is 0 Å². The van der Waals surface area contributed by atoms with Gasteiger partial charge in [-0.05, 0) is 30.5 Å². The minimum absolute atomic E-state index is 0.120. The highest BCUT2D eigenvalue weighted by molar-refractivity contribution is 5.76. The number of benzene rings is 1. The number of carbonyl (C=O) groups excluding carboxylic acids is 1. The lowest BCUT2D eigenvalue weighted by Crippen LogP contribution is -2.29. The lowest BCUT2D eigenvalue weighted by atomic mass is 10.1. The van der Waals surface area contributed by atoms with Crippen LogP contribution in [0.4, 0.5) is 0 Å². The number of aliphatic hydroxyl groups excluding tert-OH is 1. The summed E-state index contributed by atoms with van der Waals surface area (Å²) in [6.07, 6.45) is 1.55. The molecule has 2 rings (SSSR count). The smallest absolute Gasteiger partial charge is 0.222 e. The molecule has 1 N–H and O–H groups in total. The van der Waals surface area contributed by atoms with Gasteiger partial charge in [-0.2, -0.15) is 0 Å². The van der Waals surface area contributed by atoms with Crippen molar-refractivity contribution in [2.75, 3.05) is 20.2 Å². The van der Waals surface area contributed by atoms with E-state index in [2.05, 4.69) is 0 Å². The monoisotopic (exact) mass is 249 g/mol. The molecular formula is C14H19NO3. The molecule has 1 aliphatic rings. The summed E-state index contributed by atoms with van der Waals surface area (Å²) >= 11 is 0. The fourth-order valence-electron chi connectivity index (χ4n) is 2.21. The van der Waals surface area contributed by atoms with Crippen molar-refractivity contribution in [3.05, 3.63) is 29.8 Å². The number of hydrogen-bond acceptors (Lipinski definition) is 3. The standard InChI is InChI=1S/C14H19NO3/c1-18-13-4-2-3-11(9-13)5-6-14(17)15-8-7-12(16)10-15/h2-4,9,12,16H,5-8,10H2,1H3/t12-/m1/s1. The minimum Gasteiger partial charge on any atom is -0.497 e. The molecule has 0 bridgehead atoms. The van der Waals surface area contributed by atoms with Crippen molar-refractivity contribution in [3.63, 3.8) is 0 Å². The highest BCUT2D eigenvalue weighted by Gasteiger charge is 2.23. The van der Waals surface area contributed by atoms with E-state index in [0.29, 0.717) is 32.4 Å². The van der Waals surface area contributed by atoms with Crippen molar-refractivity contribution in [1.82, 2.24) is 4.90 Å². The molecule has 18 heavy (non-hydrogen) atoms. The summed E-state index contributed by atoms with van der Waals surface area (Å²) in [5, 5.41) is 9.39. The van der Waals surface area contributed by atoms with E-state index >= 15 is 0 Å². The number of carbonyl (C=O) groups is 1. The average Bonchev–Trinajstić information content (AvgIpc) is 2.83. The number of amides is 1. The van der Waals surface area contributed by atoms with Gasteiger partial charge in [0.1, 0.15) is 5.75 Å². The lowest BCUT2D eigenvalue weighted by molar-refractivity contribution is -0.130. The van der Waals surface area contributed by atoms with Gasteiger partial charge in [0.2, 0.25) is 5.91 Å². The summed E-state index contributed by atoms with van der Waals surface area (Å²) in [4.78, 5) is 13.6. The van der Waals surface area contributed by atoms with E-state index in [-0.39, 0.29) is 12.0 Å². The zero-order valence-electron chi connectivity index (χ0n) is 10.6. The first-order valence-electron chi connectivity index (χ1n) is 6.28. The van der Waals surface area contributed by atoms with Gasteiger partial charge in [0.05, 0.1) is 13.2 Å². The molecule has 0 aliphatic carbocycles. The summed E-state index contributed by atoms with van der Waals surface area (Å²) in [7, 11) is 1.63. The van der Waals surface area contributed by atoms with Crippen LogP contribution in [0.1, 0.15) is 18.4 Å². The van der Waals surface area contributed by atoms with Crippen molar-refractivity contribution in [3.8, 4) is 5.75 Å². The Balaban J connectivity index is 1.85. The van der Waals surface area contributed by atoms with Crippen LogP contribution in [-0.4, -0.2) is 42.2 Å². The summed E-state index contributed by atoms with van der Waals surface area (Å²) in [5.74, 6) is 0.936. The van der Waals surface area contributed by atoms with E-state index in [1.807, 2.05) is 24.3 Å². The number of ether oxygens (including phenoxy) is 1. The van der Waals surface area contributed by atoms with Crippen molar-refractivity contribution in [2.24, 2.45) is 0 Å². The molecule has 1 aromatic rings. The SMILES string of the molecule is COc1cccc(CCC(=O)N2CC[C@@H](O)C2)c1. The molecule has 0 unspecified atom stereocenters. The third-order valence-electron chi connectivity index (χ3n) is 3.28. The predicted octanol–water partition coefficient (Wildman–Crippen LogP) is 1.22. The van der Waals surface area contributed by atoms with Gasteiger partial charge in [0.25, 0.3) is 0 Å². The summed E-state index contributed by atoms with van der Waals surface area (Å²) in [5.41, 5.74) is 1.10. The molecule has 1 atom stereocenters. The first kappa shape index (κ1) is 12.9. The maximum Gasteiger partial charge on any atom is 0.222 e. The highest BCUT2D eigenvalue weighted by Crippen LogP contribution is 2.15. The zero-order chi connectivity index (χ0) is 13.0. The number of nitrogens with zero attached hydrogens (tertiary/aromatic N) is 1. The predicted molar refractivity (Wildman–Crippen MR) is 68.5 cm³/mol. The number of hydrogen-bond donors (Lipinski definition) is 1. The summed E-state index contributed by atoms with van der Waals surface area (Å²) in [6, 6.07) is 7.77. The number of likely N-dealkylation sites (tertiary alicyclic amines) is 1. The average molecular weight is 249 g/mol. The Morgan fingerprint density at radius 2 is 2.39 bits per heavy atom. The largest absolute Gasteiger partial charge is 0.497 e. The molecule has 1 heterocycles. The second-order valence-corrected chi connectivity index (χ2v) is 4.63. The molecule has 1 amide bonds. The van der Waals surface area contributed by atoms with Crippen LogP contribution in [0.3, 0.4) is 0 Å². The van der Waals surface area contributed by atoms with E-state index < -0.39 is 0 Å². The van der Waals surface area contributed by atoms with Crippen molar-refractivity contribution in [2.45, 2.75) is 25.4 Å². The summed E-state index contributed by atoms with van der Waals surface area (Å²) in [6.45, 7) is 1.16. The minimum atomic E-state index is -0.342. The Morgan fingerprint density at radius 3 is 3.06 bits per heavy atom. The van der Waals surface area contributed by atoms with Crippen LogP contribution in [0.5, 0.6) is 5.75 Å². The molecular weight excluding hydrogens is 230 g/mol. The molecule has 1 aliphatic heterocycles. The number of rotatable bonds is 4. The van der Waals surface area contributed by atoms with Crippen LogP contribution in [0.15, 0.2) is 24.3 Å². The fraction of sp³-hybridized carbons (Fsp3) is 0.500. The van der Waals surface area contributed by atoms with Gasteiger partial charge < -0.3 is 14.7 Å². The lowest BCUT2D eigenvalue weighted by Gasteiger charge is -2.15. The van der Waals surface area contributed by atoms with Gasteiger partial charge in [-0.1, -0.05) is 12.1 Å². The van der Waals surface area contributed by atoms with Gasteiger partial charge in [0, 0.05) is 19.5 Å². The highest BCUT2D eigenvalue weighted by atomic mass is 16.5. The molecule has 0 spiro atoms. The Labute approximate surface area is 107 Å². The number of β-amino-alcohol motifs (C(OH)–C–C–N with tert-alkyl or cyclic N) is 1. The molecule has 4 nitrogen and oxygen atoms in total. The summed E-state index contributed by atoms with van der Waals surface area (Å²) < 4.78 is 5.15. The van der Waals surface area contributed by atoms with Crippen molar-refractivity contribution in [1.29, 1.82) is 0 Å². The van der Waals surface area contributed by atoms with Gasteiger partial charge in [0.15, 0.2) is 0 Å². The van der Waals surface area contributed by atoms with Crippen molar-refractivity contribution < 1.29 is 14.6 Å². The Hall–Kier alpha value is -1.55. The fourth-order valence-corrected chi connectivity index (χ4v) is 2.21. The van der Waals surface area contributed by atoms with Crippen LogP contribution >= 0.6 is 0 Å². The van der Waals surface area contributed by atoms with Gasteiger partial charge in [-0.15, -0.1) is 0 Å². The first-order valence-corrected chi connectivity index (χ1v) is 6.28. The van der Waals surface area contributed by atoms with Crippen molar-refractivity contribution >= 4 is 5.91 Å². The zero-order valence-corrected chi connectivity index (χ0v) is 10.6. The van der Waals surface area contributed by atoms with Gasteiger partial charge in [-0.3, -0.25) is 4.79 Å². The molecule has 1 fully saturated rings. The van der Waals surface area contributed by atoms with Gasteiger partial charge in [-0.25, -0.2) is 0 Å². The Kier molecular flexibility index (Phi) is 4.20. The third-order valence-corrected chi connectivity index (χ3v) is 3.28. The number of aliphatic hydroxyl groups is 1.